The Morgan fingerprint density at radius 3 is 2.21 bits per heavy atom. The number of rotatable bonds is 3. The van der Waals surface area contributed by atoms with Gasteiger partial charge in [-0.05, 0) is 24.3 Å². The van der Waals surface area contributed by atoms with Crippen LogP contribution in [0, 0.1) is 11.6 Å². The topological polar surface area (TPSA) is 17.1 Å². The van der Waals surface area contributed by atoms with E-state index in [4.69, 9.17) is 23.2 Å². The average Bonchev–Trinajstić information content (AvgIpc) is 2.37. The molecule has 0 atom stereocenters. The molecule has 0 aliphatic heterocycles. The highest BCUT2D eigenvalue weighted by Gasteiger charge is 2.17. The van der Waals surface area contributed by atoms with Gasteiger partial charge in [0.15, 0.2) is 5.78 Å². The first-order chi connectivity index (χ1) is 9.00. The molecule has 0 spiro atoms. The average molecular weight is 301 g/mol. The zero-order valence-electron chi connectivity index (χ0n) is 9.59. The van der Waals surface area contributed by atoms with Crippen LogP contribution < -0.4 is 0 Å². The summed E-state index contributed by atoms with van der Waals surface area (Å²) >= 11 is 11.7. The van der Waals surface area contributed by atoms with E-state index in [9.17, 15) is 13.6 Å². The van der Waals surface area contributed by atoms with Crippen LogP contribution in [-0.4, -0.2) is 5.78 Å². The number of halogens is 4. The van der Waals surface area contributed by atoms with Gasteiger partial charge in [-0.15, -0.1) is 0 Å². The van der Waals surface area contributed by atoms with Crippen molar-refractivity contribution in [2.24, 2.45) is 0 Å². The van der Waals surface area contributed by atoms with Crippen molar-refractivity contribution in [1.82, 2.24) is 0 Å². The van der Waals surface area contributed by atoms with Gasteiger partial charge < -0.3 is 0 Å². The lowest BCUT2D eigenvalue weighted by Crippen LogP contribution is -2.08. The molecule has 0 heterocycles. The molecule has 0 aliphatic carbocycles. The molecule has 0 aliphatic rings. The van der Waals surface area contributed by atoms with Gasteiger partial charge in [-0.25, -0.2) is 8.78 Å². The predicted molar refractivity (Wildman–Crippen MR) is 70.9 cm³/mol. The maximum atomic E-state index is 13.5. The van der Waals surface area contributed by atoms with Crippen LogP contribution in [0.2, 0.25) is 10.0 Å². The van der Waals surface area contributed by atoms with Gasteiger partial charge in [0.05, 0.1) is 10.0 Å². The SMILES string of the molecule is O=C(Cc1c(F)cccc1F)c1cccc(Cl)c1Cl. The zero-order chi connectivity index (χ0) is 14.0. The van der Waals surface area contributed by atoms with Crippen molar-refractivity contribution in [1.29, 1.82) is 0 Å². The second kappa shape index (κ2) is 5.68. The Labute approximate surface area is 118 Å². The third-order valence-corrected chi connectivity index (χ3v) is 3.47. The Kier molecular flexibility index (Phi) is 4.17. The molecule has 2 rings (SSSR count). The van der Waals surface area contributed by atoms with Crippen molar-refractivity contribution in [2.45, 2.75) is 6.42 Å². The largest absolute Gasteiger partial charge is 0.294 e. The molecule has 0 aromatic heterocycles. The van der Waals surface area contributed by atoms with E-state index < -0.39 is 23.8 Å². The lowest BCUT2D eigenvalue weighted by molar-refractivity contribution is 0.0990. The van der Waals surface area contributed by atoms with Crippen LogP contribution >= 0.6 is 23.2 Å². The van der Waals surface area contributed by atoms with Crippen molar-refractivity contribution in [3.05, 3.63) is 69.2 Å². The van der Waals surface area contributed by atoms with E-state index in [0.29, 0.717) is 0 Å². The summed E-state index contributed by atoms with van der Waals surface area (Å²) in [6.07, 6.45) is -0.404. The third-order valence-electron chi connectivity index (χ3n) is 2.65. The standard InChI is InChI=1S/C14H8Cl2F2O/c15-10-4-1-3-8(14(10)16)13(19)7-9-11(17)5-2-6-12(9)18/h1-6H,7H2. The molecule has 0 bridgehead atoms. The molecular formula is C14H8Cl2F2O. The number of hydrogen-bond acceptors (Lipinski definition) is 1. The normalized spacial score (nSPS) is 10.5. The van der Waals surface area contributed by atoms with E-state index in [1.165, 1.54) is 18.2 Å². The van der Waals surface area contributed by atoms with Crippen molar-refractivity contribution in [3.63, 3.8) is 0 Å². The number of ketones is 1. The minimum Gasteiger partial charge on any atom is -0.294 e. The Bertz CT molecular complexity index is 621. The molecule has 98 valence electrons. The lowest BCUT2D eigenvalue weighted by atomic mass is 10.0. The van der Waals surface area contributed by atoms with Gasteiger partial charge in [0.2, 0.25) is 0 Å². The van der Waals surface area contributed by atoms with Crippen molar-refractivity contribution in [2.75, 3.05) is 0 Å². The van der Waals surface area contributed by atoms with E-state index in [2.05, 4.69) is 0 Å². The van der Waals surface area contributed by atoms with Crippen LogP contribution in [-0.2, 0) is 6.42 Å². The maximum absolute atomic E-state index is 13.5. The Balaban J connectivity index is 2.34. The number of carbonyl (C=O) groups excluding carboxylic acids is 1. The summed E-state index contributed by atoms with van der Waals surface area (Å²) in [6.45, 7) is 0. The van der Waals surface area contributed by atoms with Crippen molar-refractivity contribution in [3.8, 4) is 0 Å². The first-order valence-corrected chi connectivity index (χ1v) is 6.16. The zero-order valence-corrected chi connectivity index (χ0v) is 11.1. The van der Waals surface area contributed by atoms with Crippen LogP contribution in [0.25, 0.3) is 0 Å². The molecule has 2 aromatic carbocycles. The molecule has 0 fully saturated rings. The fourth-order valence-corrected chi connectivity index (χ4v) is 2.08. The molecule has 0 unspecified atom stereocenters. The van der Waals surface area contributed by atoms with E-state index in [-0.39, 0.29) is 21.2 Å². The summed E-state index contributed by atoms with van der Waals surface area (Å²) in [6, 6.07) is 8.00. The van der Waals surface area contributed by atoms with E-state index >= 15 is 0 Å². The summed E-state index contributed by atoms with van der Waals surface area (Å²) in [5, 5.41) is 0.312. The fourth-order valence-electron chi connectivity index (χ4n) is 1.68. The highest BCUT2D eigenvalue weighted by atomic mass is 35.5. The molecule has 2 aromatic rings. The third kappa shape index (κ3) is 2.94. The number of hydrogen-bond donors (Lipinski definition) is 0. The van der Waals surface area contributed by atoms with Gasteiger partial charge in [0, 0.05) is 17.5 Å². The quantitative estimate of drug-likeness (QED) is 0.751. The predicted octanol–water partition coefficient (Wildman–Crippen LogP) is 4.70. The second-order valence-corrected chi connectivity index (χ2v) is 4.69. The van der Waals surface area contributed by atoms with E-state index in [1.54, 1.807) is 6.07 Å². The Hall–Kier alpha value is -1.45. The lowest BCUT2D eigenvalue weighted by Gasteiger charge is -2.06. The highest BCUT2D eigenvalue weighted by molar-refractivity contribution is 6.43. The summed E-state index contributed by atoms with van der Waals surface area (Å²) in [4.78, 5) is 12.0. The summed E-state index contributed by atoms with van der Waals surface area (Å²) < 4.78 is 26.9. The molecule has 0 saturated carbocycles. The molecule has 0 saturated heterocycles. The van der Waals surface area contributed by atoms with Gasteiger partial charge in [-0.3, -0.25) is 4.79 Å². The van der Waals surface area contributed by atoms with E-state index in [0.717, 1.165) is 12.1 Å². The first-order valence-electron chi connectivity index (χ1n) is 5.41. The molecule has 19 heavy (non-hydrogen) atoms. The maximum Gasteiger partial charge on any atom is 0.169 e. The summed E-state index contributed by atoms with van der Waals surface area (Å²) in [5.74, 6) is -2.01. The van der Waals surface area contributed by atoms with Gasteiger partial charge in [0.25, 0.3) is 0 Å². The van der Waals surface area contributed by atoms with Gasteiger partial charge in [0.1, 0.15) is 11.6 Å². The van der Waals surface area contributed by atoms with Gasteiger partial charge in [-0.1, -0.05) is 35.3 Å². The van der Waals surface area contributed by atoms with Gasteiger partial charge >= 0.3 is 0 Å². The minimum atomic E-state index is -0.758. The molecule has 1 nitrogen and oxygen atoms in total. The second-order valence-electron chi connectivity index (χ2n) is 3.90. The minimum absolute atomic E-state index is 0.0888. The number of Topliss-reactive ketones (excluding diaryl/α,β-unsaturated/α-hetero) is 1. The molecule has 0 N–H and O–H groups in total. The molecule has 0 radical (unpaired) electrons. The highest BCUT2D eigenvalue weighted by Crippen LogP contribution is 2.27. The van der Waals surface area contributed by atoms with Crippen LogP contribution in [0.3, 0.4) is 0 Å². The molecule has 0 amide bonds. The van der Waals surface area contributed by atoms with E-state index in [1.807, 2.05) is 0 Å². The Morgan fingerprint density at radius 2 is 1.58 bits per heavy atom. The van der Waals surface area contributed by atoms with Crippen LogP contribution in [0.5, 0.6) is 0 Å². The Morgan fingerprint density at radius 1 is 1.00 bits per heavy atom. The first kappa shape index (κ1) is 14.0. The monoisotopic (exact) mass is 300 g/mol. The summed E-state index contributed by atoms with van der Waals surface area (Å²) in [5.41, 5.74) is -0.125. The van der Waals surface area contributed by atoms with Crippen LogP contribution in [0.1, 0.15) is 15.9 Å². The van der Waals surface area contributed by atoms with Crippen LogP contribution in [0.15, 0.2) is 36.4 Å². The van der Waals surface area contributed by atoms with Crippen LogP contribution in [0.4, 0.5) is 8.78 Å². The number of benzene rings is 2. The fraction of sp³-hybridized carbons (Fsp3) is 0.0714. The summed E-state index contributed by atoms with van der Waals surface area (Å²) in [7, 11) is 0. The molecule has 5 heteroatoms. The van der Waals surface area contributed by atoms with Crippen molar-refractivity contribution < 1.29 is 13.6 Å². The molecular weight excluding hydrogens is 293 g/mol. The smallest absolute Gasteiger partial charge is 0.169 e. The number of carbonyl (C=O) groups is 1. The van der Waals surface area contributed by atoms with Crippen molar-refractivity contribution >= 4 is 29.0 Å². The van der Waals surface area contributed by atoms with Gasteiger partial charge in [-0.2, -0.15) is 0 Å².